The van der Waals surface area contributed by atoms with Gasteiger partial charge in [-0.2, -0.15) is 0 Å². The average Bonchev–Trinajstić information content (AvgIpc) is 2.63. The zero-order valence-electron chi connectivity index (χ0n) is 9.97. The molecule has 0 aromatic heterocycles. The molecule has 4 amide bonds. The van der Waals surface area contributed by atoms with Crippen LogP contribution in [0.2, 0.25) is 0 Å². The van der Waals surface area contributed by atoms with E-state index in [2.05, 4.69) is 0 Å². The molecule has 1 saturated heterocycles. The van der Waals surface area contributed by atoms with Crippen LogP contribution in [0.4, 0.5) is 4.79 Å². The molecular formula is C12H12N2O4. The number of imide groups is 2. The van der Waals surface area contributed by atoms with Gasteiger partial charge in [-0.05, 0) is 24.6 Å². The Balaban J connectivity index is 2.25. The Hall–Kier alpha value is -2.37. The van der Waals surface area contributed by atoms with Gasteiger partial charge in [0.15, 0.2) is 0 Å². The summed E-state index contributed by atoms with van der Waals surface area (Å²) in [6.45, 7) is 1.68. The zero-order chi connectivity index (χ0) is 13.3. The third kappa shape index (κ3) is 1.92. The molecule has 0 bridgehead atoms. The van der Waals surface area contributed by atoms with Gasteiger partial charge in [-0.15, -0.1) is 0 Å². The van der Waals surface area contributed by atoms with Crippen LogP contribution in [-0.2, 0) is 9.59 Å². The number of ether oxygens (including phenoxy) is 1. The molecule has 6 heteroatoms. The fraction of sp³-hybridized carbons (Fsp3) is 0.250. The Morgan fingerprint density at radius 1 is 1.17 bits per heavy atom. The zero-order valence-corrected chi connectivity index (χ0v) is 9.97. The van der Waals surface area contributed by atoms with E-state index in [-0.39, 0.29) is 0 Å². The highest BCUT2D eigenvalue weighted by atomic mass is 16.5. The highest BCUT2D eigenvalue weighted by molar-refractivity contribution is 6.44. The average molecular weight is 248 g/mol. The maximum atomic E-state index is 11.5. The van der Waals surface area contributed by atoms with Gasteiger partial charge in [0.1, 0.15) is 5.75 Å². The van der Waals surface area contributed by atoms with Crippen LogP contribution >= 0.6 is 0 Å². The highest BCUT2D eigenvalue weighted by Crippen LogP contribution is 2.24. The van der Waals surface area contributed by atoms with E-state index in [0.29, 0.717) is 5.75 Å². The quantitative estimate of drug-likeness (QED) is 0.635. The Bertz CT molecular complexity index is 509. The molecule has 1 N–H and O–H groups in total. The lowest BCUT2D eigenvalue weighted by molar-refractivity contribution is -0.141. The van der Waals surface area contributed by atoms with Crippen molar-refractivity contribution in [2.24, 2.45) is 0 Å². The Morgan fingerprint density at radius 3 is 2.22 bits per heavy atom. The van der Waals surface area contributed by atoms with E-state index >= 15 is 0 Å². The van der Waals surface area contributed by atoms with Crippen molar-refractivity contribution in [2.75, 3.05) is 7.11 Å². The van der Waals surface area contributed by atoms with E-state index in [1.165, 1.54) is 0 Å². The third-order valence-electron chi connectivity index (χ3n) is 2.84. The molecule has 1 aromatic rings. The summed E-state index contributed by atoms with van der Waals surface area (Å²) in [5.74, 6) is -1.04. The Labute approximate surface area is 104 Å². The fourth-order valence-corrected chi connectivity index (χ4v) is 1.80. The predicted octanol–water partition coefficient (Wildman–Crippen LogP) is 0.835. The number of hydrogen-bond donors (Lipinski definition) is 1. The maximum Gasteiger partial charge on any atom is 0.332 e. The first-order chi connectivity index (χ1) is 8.54. The molecule has 18 heavy (non-hydrogen) atoms. The molecule has 0 radical (unpaired) electrons. The second-order valence-corrected chi connectivity index (χ2v) is 3.88. The molecule has 94 valence electrons. The van der Waals surface area contributed by atoms with Gasteiger partial charge in [0.05, 0.1) is 13.2 Å². The number of nitrogens with one attached hydrogen (secondary N) is 1. The lowest BCUT2D eigenvalue weighted by Crippen LogP contribution is -2.33. The molecular weight excluding hydrogens is 236 g/mol. The van der Waals surface area contributed by atoms with Crippen molar-refractivity contribution in [3.63, 3.8) is 0 Å². The Morgan fingerprint density at radius 2 is 1.78 bits per heavy atom. The normalized spacial score (nSPS) is 16.8. The second-order valence-electron chi connectivity index (χ2n) is 3.88. The lowest BCUT2D eigenvalue weighted by atomic mass is 10.1. The van der Waals surface area contributed by atoms with Crippen molar-refractivity contribution < 1.29 is 19.1 Å². The topological polar surface area (TPSA) is 75.7 Å². The van der Waals surface area contributed by atoms with Crippen molar-refractivity contribution in [1.29, 1.82) is 0 Å². The van der Waals surface area contributed by atoms with Crippen LogP contribution in [0.3, 0.4) is 0 Å². The molecule has 1 aromatic carbocycles. The van der Waals surface area contributed by atoms with Crippen LogP contribution in [0, 0.1) is 0 Å². The van der Waals surface area contributed by atoms with Crippen LogP contribution < -0.4 is 10.1 Å². The molecule has 0 saturated carbocycles. The van der Waals surface area contributed by atoms with Crippen LogP contribution in [0.15, 0.2) is 24.3 Å². The number of benzene rings is 1. The van der Waals surface area contributed by atoms with Crippen molar-refractivity contribution >= 4 is 17.8 Å². The number of nitrogens with zero attached hydrogens (tertiary/aromatic N) is 1. The Kier molecular flexibility index (Phi) is 3.01. The number of urea groups is 1. The van der Waals surface area contributed by atoms with E-state index in [1.54, 1.807) is 38.3 Å². The summed E-state index contributed by atoms with van der Waals surface area (Å²) in [4.78, 5) is 35.0. The van der Waals surface area contributed by atoms with E-state index in [0.717, 1.165) is 10.5 Å². The molecule has 1 unspecified atom stereocenters. The van der Waals surface area contributed by atoms with Crippen LogP contribution in [0.25, 0.3) is 0 Å². The number of rotatable bonds is 3. The number of carbonyl (C=O) groups is 3. The standard InChI is InChI=1S/C12H12N2O4/c1-7(8-3-5-9(18-2)6-4-8)14-11(16)10(15)13-12(14)17/h3-7H,1-2H3,(H,13,15,17). The summed E-state index contributed by atoms with van der Waals surface area (Å²) in [7, 11) is 1.55. The van der Waals surface area contributed by atoms with Crippen molar-refractivity contribution in [2.45, 2.75) is 13.0 Å². The SMILES string of the molecule is COc1ccc(C(C)N2C(=O)NC(=O)C2=O)cc1. The van der Waals surface area contributed by atoms with Gasteiger partial charge in [-0.25, -0.2) is 9.69 Å². The van der Waals surface area contributed by atoms with Gasteiger partial charge in [-0.3, -0.25) is 14.9 Å². The summed E-state index contributed by atoms with van der Waals surface area (Å²) in [5, 5.41) is 1.96. The fourth-order valence-electron chi connectivity index (χ4n) is 1.80. The first-order valence-electron chi connectivity index (χ1n) is 5.37. The monoisotopic (exact) mass is 248 g/mol. The third-order valence-corrected chi connectivity index (χ3v) is 2.84. The number of carbonyl (C=O) groups excluding carboxylic acids is 3. The van der Waals surface area contributed by atoms with E-state index < -0.39 is 23.9 Å². The second kappa shape index (κ2) is 4.48. The molecule has 1 aliphatic heterocycles. The minimum absolute atomic E-state index is 0.505. The summed E-state index contributed by atoms with van der Waals surface area (Å²) in [6.07, 6.45) is 0. The van der Waals surface area contributed by atoms with Crippen molar-refractivity contribution in [1.82, 2.24) is 10.2 Å². The predicted molar refractivity (Wildman–Crippen MR) is 61.8 cm³/mol. The van der Waals surface area contributed by atoms with Gasteiger partial charge in [0, 0.05) is 0 Å². The van der Waals surface area contributed by atoms with Crippen molar-refractivity contribution in [3.05, 3.63) is 29.8 Å². The number of hydrogen-bond acceptors (Lipinski definition) is 4. The molecule has 2 rings (SSSR count). The van der Waals surface area contributed by atoms with E-state index in [1.807, 2.05) is 5.32 Å². The first kappa shape index (κ1) is 12.1. The molecule has 0 aliphatic carbocycles. The van der Waals surface area contributed by atoms with Gasteiger partial charge in [0.25, 0.3) is 0 Å². The first-order valence-corrected chi connectivity index (χ1v) is 5.37. The molecule has 1 atom stereocenters. The van der Waals surface area contributed by atoms with Crippen molar-refractivity contribution in [3.8, 4) is 5.75 Å². The van der Waals surface area contributed by atoms with Crippen LogP contribution in [-0.4, -0.2) is 29.9 Å². The van der Waals surface area contributed by atoms with Gasteiger partial charge >= 0.3 is 17.8 Å². The molecule has 1 heterocycles. The molecule has 0 spiro atoms. The summed E-state index contributed by atoms with van der Waals surface area (Å²) in [5.41, 5.74) is 0.744. The van der Waals surface area contributed by atoms with Crippen LogP contribution in [0.5, 0.6) is 5.75 Å². The van der Waals surface area contributed by atoms with Crippen LogP contribution in [0.1, 0.15) is 18.5 Å². The lowest BCUT2D eigenvalue weighted by Gasteiger charge is -2.20. The molecule has 1 fully saturated rings. The molecule has 1 aliphatic rings. The van der Waals surface area contributed by atoms with Gasteiger partial charge < -0.3 is 4.74 Å². The minimum Gasteiger partial charge on any atom is -0.497 e. The highest BCUT2D eigenvalue weighted by Gasteiger charge is 2.40. The maximum absolute atomic E-state index is 11.5. The number of methoxy groups -OCH3 is 1. The largest absolute Gasteiger partial charge is 0.497 e. The smallest absolute Gasteiger partial charge is 0.332 e. The summed E-state index contributed by atoms with van der Waals surface area (Å²) < 4.78 is 5.02. The summed E-state index contributed by atoms with van der Waals surface area (Å²) >= 11 is 0. The van der Waals surface area contributed by atoms with Gasteiger partial charge in [0.2, 0.25) is 0 Å². The van der Waals surface area contributed by atoms with E-state index in [9.17, 15) is 14.4 Å². The number of amides is 4. The molecule has 6 nitrogen and oxygen atoms in total. The summed E-state index contributed by atoms with van der Waals surface area (Å²) in [6, 6.07) is 5.75. The van der Waals surface area contributed by atoms with Gasteiger partial charge in [-0.1, -0.05) is 12.1 Å². The van der Waals surface area contributed by atoms with E-state index in [4.69, 9.17) is 4.74 Å². The minimum atomic E-state index is -0.889.